The van der Waals surface area contributed by atoms with E-state index in [9.17, 15) is 8.42 Å². The van der Waals surface area contributed by atoms with Crippen molar-refractivity contribution in [3.05, 3.63) is 89.7 Å². The van der Waals surface area contributed by atoms with Crippen LogP contribution in [0.1, 0.15) is 22.9 Å². The van der Waals surface area contributed by atoms with Crippen molar-refractivity contribution in [3.8, 4) is 0 Å². The van der Waals surface area contributed by atoms with Crippen molar-refractivity contribution in [2.24, 2.45) is 7.05 Å². The number of hydrogen-bond acceptors (Lipinski definition) is 3. The number of sulfonamides is 1. The second-order valence-electron chi connectivity index (χ2n) is 7.21. The highest BCUT2D eigenvalue weighted by Crippen LogP contribution is 2.28. The average Bonchev–Trinajstić information content (AvgIpc) is 3.14. The minimum atomic E-state index is -3.54. The van der Waals surface area contributed by atoms with Gasteiger partial charge in [-0.25, -0.2) is 13.1 Å². The van der Waals surface area contributed by atoms with E-state index in [0.717, 1.165) is 25.2 Å². The van der Waals surface area contributed by atoms with E-state index >= 15 is 0 Å². The van der Waals surface area contributed by atoms with Gasteiger partial charge in [-0.15, -0.1) is 0 Å². The first-order valence-corrected chi connectivity index (χ1v) is 11.0. The lowest BCUT2D eigenvalue weighted by atomic mass is 9.98. The van der Waals surface area contributed by atoms with Crippen LogP contribution in [0.5, 0.6) is 0 Å². The molecule has 2 aromatic carbocycles. The minimum Gasteiger partial charge on any atom is -0.353 e. The summed E-state index contributed by atoms with van der Waals surface area (Å²) in [5, 5.41) is 0. The van der Waals surface area contributed by atoms with Crippen molar-refractivity contribution >= 4 is 10.0 Å². The third-order valence-electron chi connectivity index (χ3n) is 5.45. The number of nitrogens with one attached hydrogen (secondary N) is 1. The van der Waals surface area contributed by atoms with Gasteiger partial charge < -0.3 is 4.57 Å². The molecule has 2 heterocycles. The van der Waals surface area contributed by atoms with E-state index in [-0.39, 0.29) is 6.04 Å². The molecule has 1 atom stereocenters. The van der Waals surface area contributed by atoms with Crippen molar-refractivity contribution in [2.45, 2.75) is 23.9 Å². The first-order valence-electron chi connectivity index (χ1n) is 9.51. The lowest BCUT2D eigenvalue weighted by Crippen LogP contribution is -2.41. The van der Waals surface area contributed by atoms with Crippen LogP contribution in [0.3, 0.4) is 0 Å². The fourth-order valence-corrected chi connectivity index (χ4v) is 4.96. The lowest BCUT2D eigenvalue weighted by molar-refractivity contribution is 0.174. The van der Waals surface area contributed by atoms with Gasteiger partial charge in [0.2, 0.25) is 10.0 Å². The lowest BCUT2D eigenvalue weighted by Gasteiger charge is -2.36. The van der Waals surface area contributed by atoms with Crippen LogP contribution in [-0.4, -0.2) is 31.0 Å². The van der Waals surface area contributed by atoms with E-state index in [0.29, 0.717) is 11.4 Å². The third kappa shape index (κ3) is 3.90. The SMILES string of the molecule is Cn1cccc1C(CNS(=O)(=O)c1ccccc1)N1CCc2ccccc2C1. The maximum atomic E-state index is 12.7. The van der Waals surface area contributed by atoms with E-state index in [1.807, 2.05) is 25.4 Å². The number of aromatic nitrogens is 1. The Bertz CT molecular complexity index is 1040. The average molecular weight is 396 g/mol. The molecule has 3 aromatic rings. The summed E-state index contributed by atoms with van der Waals surface area (Å²) in [6.45, 7) is 2.05. The highest BCUT2D eigenvalue weighted by Gasteiger charge is 2.27. The molecule has 0 saturated heterocycles. The molecule has 4 rings (SSSR count). The van der Waals surface area contributed by atoms with Gasteiger partial charge in [0.25, 0.3) is 0 Å². The van der Waals surface area contributed by atoms with Crippen molar-refractivity contribution in [1.82, 2.24) is 14.2 Å². The van der Waals surface area contributed by atoms with Gasteiger partial charge in [-0.3, -0.25) is 4.90 Å². The van der Waals surface area contributed by atoms with Gasteiger partial charge >= 0.3 is 0 Å². The first-order chi connectivity index (χ1) is 13.5. The van der Waals surface area contributed by atoms with Gasteiger partial charge in [0, 0.05) is 38.6 Å². The van der Waals surface area contributed by atoms with Gasteiger partial charge in [0.15, 0.2) is 0 Å². The van der Waals surface area contributed by atoms with Crippen LogP contribution in [0.15, 0.2) is 77.8 Å². The predicted molar refractivity (Wildman–Crippen MR) is 110 cm³/mol. The molecule has 1 aliphatic rings. The number of rotatable bonds is 6. The second kappa shape index (κ2) is 7.91. The van der Waals surface area contributed by atoms with E-state index in [2.05, 4.69) is 44.5 Å². The quantitative estimate of drug-likeness (QED) is 0.698. The maximum Gasteiger partial charge on any atom is 0.240 e. The second-order valence-corrected chi connectivity index (χ2v) is 8.98. The topological polar surface area (TPSA) is 54.3 Å². The van der Waals surface area contributed by atoms with Crippen molar-refractivity contribution in [1.29, 1.82) is 0 Å². The Morgan fingerprint density at radius 3 is 2.39 bits per heavy atom. The molecule has 146 valence electrons. The van der Waals surface area contributed by atoms with E-state index in [4.69, 9.17) is 0 Å². The molecular formula is C22H25N3O2S. The molecule has 0 saturated carbocycles. The van der Waals surface area contributed by atoms with Crippen LogP contribution in [0.25, 0.3) is 0 Å². The summed E-state index contributed by atoms with van der Waals surface area (Å²) in [5.74, 6) is 0. The van der Waals surface area contributed by atoms with Crippen molar-refractivity contribution < 1.29 is 8.42 Å². The Balaban J connectivity index is 1.58. The molecule has 1 N–H and O–H groups in total. The minimum absolute atomic E-state index is 0.0353. The van der Waals surface area contributed by atoms with Gasteiger partial charge in [-0.1, -0.05) is 42.5 Å². The van der Waals surface area contributed by atoms with Crippen molar-refractivity contribution in [3.63, 3.8) is 0 Å². The summed E-state index contributed by atoms with van der Waals surface area (Å²) in [4.78, 5) is 2.66. The first kappa shape index (κ1) is 18.9. The summed E-state index contributed by atoms with van der Waals surface area (Å²) in [7, 11) is -1.54. The molecule has 0 radical (unpaired) electrons. The summed E-state index contributed by atoms with van der Waals surface area (Å²) >= 11 is 0. The largest absolute Gasteiger partial charge is 0.353 e. The highest BCUT2D eigenvalue weighted by molar-refractivity contribution is 7.89. The Hall–Kier alpha value is -2.41. The summed E-state index contributed by atoms with van der Waals surface area (Å²) in [5.41, 5.74) is 3.81. The number of benzene rings is 2. The van der Waals surface area contributed by atoms with E-state index in [1.54, 1.807) is 24.3 Å². The fourth-order valence-electron chi connectivity index (χ4n) is 3.90. The zero-order chi connectivity index (χ0) is 19.6. The number of nitrogens with zero attached hydrogens (tertiary/aromatic N) is 2. The fraction of sp³-hybridized carbons (Fsp3) is 0.273. The zero-order valence-corrected chi connectivity index (χ0v) is 16.8. The van der Waals surface area contributed by atoms with E-state index in [1.165, 1.54) is 11.1 Å². The number of fused-ring (bicyclic) bond motifs is 1. The van der Waals surface area contributed by atoms with Crippen LogP contribution in [-0.2, 0) is 30.0 Å². The van der Waals surface area contributed by atoms with Crippen LogP contribution in [0.4, 0.5) is 0 Å². The molecular weight excluding hydrogens is 370 g/mol. The molecule has 0 fully saturated rings. The standard InChI is InChI=1S/C22H25N3O2S/c1-24-14-7-12-21(24)22(16-23-28(26,27)20-10-3-2-4-11-20)25-15-13-18-8-5-6-9-19(18)17-25/h2-12,14,22-23H,13,15-17H2,1H3. The molecule has 5 nitrogen and oxygen atoms in total. The molecule has 6 heteroatoms. The van der Waals surface area contributed by atoms with Crippen molar-refractivity contribution in [2.75, 3.05) is 13.1 Å². The van der Waals surface area contributed by atoms with Crippen LogP contribution < -0.4 is 4.72 Å². The molecule has 0 bridgehead atoms. The Morgan fingerprint density at radius 2 is 1.68 bits per heavy atom. The molecule has 0 amide bonds. The molecule has 1 aromatic heterocycles. The van der Waals surface area contributed by atoms with Gasteiger partial charge in [0.05, 0.1) is 10.9 Å². The van der Waals surface area contributed by atoms with Gasteiger partial charge in [-0.05, 0) is 41.8 Å². The van der Waals surface area contributed by atoms with E-state index < -0.39 is 10.0 Å². The van der Waals surface area contributed by atoms with Crippen LogP contribution in [0.2, 0.25) is 0 Å². The monoisotopic (exact) mass is 395 g/mol. The Kier molecular flexibility index (Phi) is 5.35. The Morgan fingerprint density at radius 1 is 0.964 bits per heavy atom. The highest BCUT2D eigenvalue weighted by atomic mass is 32.2. The summed E-state index contributed by atoms with van der Waals surface area (Å²) in [6, 6.07) is 21.1. The molecule has 28 heavy (non-hydrogen) atoms. The number of hydrogen-bond donors (Lipinski definition) is 1. The van der Waals surface area contributed by atoms with Crippen LogP contribution >= 0.6 is 0 Å². The van der Waals surface area contributed by atoms with Gasteiger partial charge in [0.1, 0.15) is 0 Å². The molecule has 0 spiro atoms. The normalized spacial score (nSPS) is 15.9. The smallest absolute Gasteiger partial charge is 0.240 e. The Labute approximate surface area is 166 Å². The third-order valence-corrected chi connectivity index (χ3v) is 6.89. The maximum absolute atomic E-state index is 12.7. The predicted octanol–water partition coefficient (Wildman–Crippen LogP) is 3.10. The van der Waals surface area contributed by atoms with Crippen LogP contribution in [0, 0.1) is 0 Å². The zero-order valence-electron chi connectivity index (χ0n) is 16.0. The molecule has 1 aliphatic heterocycles. The molecule has 0 aliphatic carbocycles. The number of aryl methyl sites for hydroxylation is 1. The summed E-state index contributed by atoms with van der Waals surface area (Å²) < 4.78 is 30.4. The summed E-state index contributed by atoms with van der Waals surface area (Å²) in [6.07, 6.45) is 2.98. The van der Waals surface area contributed by atoms with Gasteiger partial charge in [-0.2, -0.15) is 0 Å². The molecule has 1 unspecified atom stereocenters.